The van der Waals surface area contributed by atoms with Crippen LogP contribution in [0.3, 0.4) is 0 Å². The maximum atomic E-state index is 12.8. The molecule has 0 aliphatic heterocycles. The van der Waals surface area contributed by atoms with Crippen LogP contribution in [0.4, 0.5) is 4.39 Å². The maximum Gasteiger partial charge on any atom is 0.303 e. The van der Waals surface area contributed by atoms with Gasteiger partial charge in [-0.3, -0.25) is 9.59 Å². The van der Waals surface area contributed by atoms with Gasteiger partial charge in [-0.05, 0) is 47.0 Å². The molecule has 0 saturated carbocycles. The van der Waals surface area contributed by atoms with Gasteiger partial charge in [0.15, 0.2) is 6.61 Å². The van der Waals surface area contributed by atoms with Gasteiger partial charge in [0.1, 0.15) is 11.6 Å². The third-order valence-electron chi connectivity index (χ3n) is 2.39. The minimum atomic E-state index is -0.846. The smallest absolute Gasteiger partial charge is 0.303 e. The van der Waals surface area contributed by atoms with E-state index in [0.717, 1.165) is 0 Å². The van der Waals surface area contributed by atoms with Gasteiger partial charge < -0.3 is 15.2 Å². The second-order valence-electron chi connectivity index (χ2n) is 4.06. The first-order chi connectivity index (χ1) is 9.49. The number of hydrogen-bond donors (Lipinski definition) is 2. The number of rotatable bonds is 8. The fraction of sp³-hybridized carbons (Fsp3) is 0.385. The fourth-order valence-corrected chi connectivity index (χ4v) is 1.88. The van der Waals surface area contributed by atoms with E-state index in [1.165, 1.54) is 18.2 Å². The highest BCUT2D eigenvalue weighted by molar-refractivity contribution is 9.10. The Hall–Kier alpha value is -1.63. The van der Waals surface area contributed by atoms with Gasteiger partial charge in [-0.2, -0.15) is 0 Å². The molecule has 0 radical (unpaired) electrons. The third-order valence-corrected chi connectivity index (χ3v) is 3.01. The molecule has 0 heterocycles. The van der Waals surface area contributed by atoms with Crippen LogP contribution in [0.2, 0.25) is 0 Å². The summed E-state index contributed by atoms with van der Waals surface area (Å²) in [5.74, 6) is -1.17. The molecule has 0 aliphatic rings. The van der Waals surface area contributed by atoms with Crippen molar-refractivity contribution in [1.82, 2.24) is 5.32 Å². The van der Waals surface area contributed by atoms with Crippen LogP contribution in [0.25, 0.3) is 0 Å². The number of halogens is 2. The van der Waals surface area contributed by atoms with Gasteiger partial charge in [0, 0.05) is 13.0 Å². The van der Waals surface area contributed by atoms with Crippen molar-refractivity contribution in [3.63, 3.8) is 0 Å². The highest BCUT2D eigenvalue weighted by atomic mass is 79.9. The van der Waals surface area contributed by atoms with Crippen molar-refractivity contribution in [3.05, 3.63) is 28.5 Å². The molecule has 0 saturated heterocycles. The molecule has 2 N–H and O–H groups in total. The molecule has 0 unspecified atom stereocenters. The lowest BCUT2D eigenvalue weighted by Crippen LogP contribution is -2.29. The number of carboxylic acids is 1. The molecule has 7 heteroatoms. The number of carboxylic acid groups (broad SMARTS) is 1. The van der Waals surface area contributed by atoms with Crippen LogP contribution in [-0.2, 0) is 9.59 Å². The van der Waals surface area contributed by atoms with Crippen LogP contribution in [0.1, 0.15) is 19.3 Å². The van der Waals surface area contributed by atoms with Crippen molar-refractivity contribution >= 4 is 27.8 Å². The predicted octanol–water partition coefficient (Wildman–Crippen LogP) is 2.34. The third kappa shape index (κ3) is 6.51. The molecule has 1 rings (SSSR count). The quantitative estimate of drug-likeness (QED) is 0.707. The van der Waals surface area contributed by atoms with Crippen molar-refractivity contribution < 1.29 is 23.8 Å². The highest BCUT2D eigenvalue weighted by Gasteiger charge is 2.06. The Morgan fingerprint density at radius 3 is 2.75 bits per heavy atom. The van der Waals surface area contributed by atoms with Gasteiger partial charge in [-0.15, -0.1) is 0 Å². The zero-order chi connectivity index (χ0) is 15.0. The molecular weight excluding hydrogens is 333 g/mol. The molecule has 0 fully saturated rings. The van der Waals surface area contributed by atoms with E-state index < -0.39 is 11.8 Å². The fourth-order valence-electron chi connectivity index (χ4n) is 1.42. The summed E-state index contributed by atoms with van der Waals surface area (Å²) in [5, 5.41) is 11.1. The number of amides is 1. The molecule has 1 aromatic carbocycles. The molecule has 0 bridgehead atoms. The first kappa shape index (κ1) is 16.4. The summed E-state index contributed by atoms with van der Waals surface area (Å²) in [6, 6.07) is 3.92. The molecule has 0 atom stereocenters. The van der Waals surface area contributed by atoms with Crippen LogP contribution in [0, 0.1) is 5.82 Å². The normalized spacial score (nSPS) is 10.1. The Labute approximate surface area is 124 Å². The SMILES string of the molecule is O=C(O)CCCCNC(=O)COc1ccc(F)cc1Br. The van der Waals surface area contributed by atoms with Crippen molar-refractivity contribution in [3.8, 4) is 5.75 Å². The lowest BCUT2D eigenvalue weighted by Gasteiger charge is -2.08. The highest BCUT2D eigenvalue weighted by Crippen LogP contribution is 2.25. The van der Waals surface area contributed by atoms with Crippen LogP contribution in [0.5, 0.6) is 5.75 Å². The minimum absolute atomic E-state index is 0.0922. The van der Waals surface area contributed by atoms with Crippen LogP contribution < -0.4 is 10.1 Å². The van der Waals surface area contributed by atoms with E-state index in [4.69, 9.17) is 9.84 Å². The number of carbonyl (C=O) groups excluding carboxylic acids is 1. The summed E-state index contributed by atoms with van der Waals surface area (Å²) in [4.78, 5) is 21.7. The van der Waals surface area contributed by atoms with E-state index in [1.807, 2.05) is 0 Å². The number of unbranched alkanes of at least 4 members (excludes halogenated alkanes) is 1. The van der Waals surface area contributed by atoms with Gasteiger partial charge in [0.05, 0.1) is 4.47 Å². The summed E-state index contributed by atoms with van der Waals surface area (Å²) >= 11 is 3.13. The van der Waals surface area contributed by atoms with E-state index in [9.17, 15) is 14.0 Å². The molecule has 5 nitrogen and oxygen atoms in total. The Balaban J connectivity index is 2.21. The summed E-state index contributed by atoms with van der Waals surface area (Å²) in [6.45, 7) is 0.225. The molecule has 0 spiro atoms. The zero-order valence-corrected chi connectivity index (χ0v) is 12.3. The van der Waals surface area contributed by atoms with E-state index >= 15 is 0 Å². The van der Waals surface area contributed by atoms with Crippen LogP contribution in [0.15, 0.2) is 22.7 Å². The molecule has 0 aromatic heterocycles. The Bertz CT molecular complexity index is 481. The second kappa shape index (κ2) is 8.52. The summed E-state index contributed by atoms with van der Waals surface area (Å²) < 4.78 is 18.5. The zero-order valence-electron chi connectivity index (χ0n) is 10.7. The summed E-state index contributed by atoms with van der Waals surface area (Å²) in [7, 11) is 0. The number of nitrogens with one attached hydrogen (secondary N) is 1. The lowest BCUT2D eigenvalue weighted by molar-refractivity contribution is -0.137. The van der Waals surface area contributed by atoms with Gasteiger partial charge in [0.2, 0.25) is 0 Å². The van der Waals surface area contributed by atoms with Crippen molar-refractivity contribution in [2.75, 3.05) is 13.2 Å². The predicted molar refractivity (Wildman–Crippen MR) is 74.1 cm³/mol. The number of hydrogen-bond acceptors (Lipinski definition) is 3. The van der Waals surface area contributed by atoms with Crippen molar-refractivity contribution in [1.29, 1.82) is 0 Å². The van der Waals surface area contributed by atoms with Gasteiger partial charge >= 0.3 is 5.97 Å². The topological polar surface area (TPSA) is 75.6 Å². The van der Waals surface area contributed by atoms with E-state index in [0.29, 0.717) is 29.6 Å². The number of ether oxygens (including phenoxy) is 1. The molecule has 110 valence electrons. The van der Waals surface area contributed by atoms with Gasteiger partial charge in [-0.25, -0.2) is 4.39 Å². The van der Waals surface area contributed by atoms with Gasteiger partial charge in [0.25, 0.3) is 5.91 Å². The van der Waals surface area contributed by atoms with Crippen LogP contribution in [-0.4, -0.2) is 30.1 Å². The van der Waals surface area contributed by atoms with E-state index in [-0.39, 0.29) is 18.9 Å². The first-order valence-electron chi connectivity index (χ1n) is 6.05. The number of benzene rings is 1. The van der Waals surface area contributed by atoms with E-state index in [1.54, 1.807) is 0 Å². The molecule has 1 amide bonds. The number of carbonyl (C=O) groups is 2. The summed E-state index contributed by atoms with van der Waals surface area (Å²) in [6.07, 6.45) is 1.20. The molecule has 20 heavy (non-hydrogen) atoms. The molecule has 1 aromatic rings. The minimum Gasteiger partial charge on any atom is -0.483 e. The average molecular weight is 348 g/mol. The largest absolute Gasteiger partial charge is 0.483 e. The second-order valence-corrected chi connectivity index (χ2v) is 4.92. The summed E-state index contributed by atoms with van der Waals surface area (Å²) in [5.41, 5.74) is 0. The molecular formula is C13H15BrFNO4. The monoisotopic (exact) mass is 347 g/mol. The Morgan fingerprint density at radius 1 is 1.35 bits per heavy atom. The average Bonchev–Trinajstić information content (AvgIpc) is 2.37. The van der Waals surface area contributed by atoms with Gasteiger partial charge in [-0.1, -0.05) is 0 Å². The Morgan fingerprint density at radius 2 is 2.10 bits per heavy atom. The Kier molecular flexibility index (Phi) is 7.00. The maximum absolute atomic E-state index is 12.8. The number of aliphatic carboxylic acids is 1. The standard InChI is InChI=1S/C13H15BrFNO4/c14-10-7-9(15)4-5-11(10)20-8-12(17)16-6-2-1-3-13(18)19/h4-5,7H,1-3,6,8H2,(H,16,17)(H,18,19). The van der Waals surface area contributed by atoms with E-state index in [2.05, 4.69) is 21.2 Å². The first-order valence-corrected chi connectivity index (χ1v) is 6.84. The van der Waals surface area contributed by atoms with Crippen molar-refractivity contribution in [2.45, 2.75) is 19.3 Å². The van der Waals surface area contributed by atoms with Crippen LogP contribution >= 0.6 is 15.9 Å². The van der Waals surface area contributed by atoms with Crippen molar-refractivity contribution in [2.24, 2.45) is 0 Å². The lowest BCUT2D eigenvalue weighted by atomic mass is 10.2. The molecule has 0 aliphatic carbocycles.